The number of rotatable bonds is 1. The Balaban J connectivity index is 2.03. The summed E-state index contributed by atoms with van der Waals surface area (Å²) in [6.45, 7) is 0. The fourth-order valence-corrected chi connectivity index (χ4v) is 1.82. The largest absolute Gasteiger partial charge is 0.507 e. The van der Waals surface area contributed by atoms with E-state index in [1.165, 1.54) is 6.20 Å². The minimum absolute atomic E-state index is 0.0707. The van der Waals surface area contributed by atoms with Crippen molar-refractivity contribution in [3.8, 4) is 28.8 Å². The molecule has 22 heavy (non-hydrogen) atoms. The number of para-hydroxylation sites is 1. The van der Waals surface area contributed by atoms with E-state index >= 15 is 0 Å². The standard InChI is InChI=1S/C15H10FN5O/c16-14-10(8-18-20-14)6-5-9-7-12(19-21-15(9)17)11-3-1-2-4-13(11)22/h1-4,7-8,22H,(H2,17,21)(H,18,20). The van der Waals surface area contributed by atoms with Gasteiger partial charge in [0.25, 0.3) is 0 Å². The normalized spacial score (nSPS) is 10.0. The summed E-state index contributed by atoms with van der Waals surface area (Å²) in [7, 11) is 0. The number of nitrogens with one attached hydrogen (secondary N) is 1. The van der Waals surface area contributed by atoms with Crippen LogP contribution in [0.1, 0.15) is 11.1 Å². The van der Waals surface area contributed by atoms with Gasteiger partial charge in [-0.15, -0.1) is 10.2 Å². The molecule has 2 aromatic heterocycles. The molecule has 0 aliphatic carbocycles. The van der Waals surface area contributed by atoms with Crippen LogP contribution in [0.3, 0.4) is 0 Å². The SMILES string of the molecule is Nc1nnc(-c2ccccc2O)cc1C#Cc1cn[nH]c1F. The molecule has 0 saturated carbocycles. The number of aromatic nitrogens is 4. The minimum atomic E-state index is -0.617. The minimum Gasteiger partial charge on any atom is -0.507 e. The molecule has 0 aliphatic rings. The Morgan fingerprint density at radius 2 is 1.91 bits per heavy atom. The highest BCUT2D eigenvalue weighted by molar-refractivity contribution is 5.69. The molecule has 0 fully saturated rings. The lowest BCUT2D eigenvalue weighted by atomic mass is 10.1. The Hall–Kier alpha value is -3.40. The van der Waals surface area contributed by atoms with E-state index in [9.17, 15) is 9.50 Å². The topological polar surface area (TPSA) is 101 Å². The summed E-state index contributed by atoms with van der Waals surface area (Å²) >= 11 is 0. The van der Waals surface area contributed by atoms with Gasteiger partial charge in [0.15, 0.2) is 5.82 Å². The van der Waals surface area contributed by atoms with Crippen LogP contribution in [-0.4, -0.2) is 25.5 Å². The number of aromatic hydroxyl groups is 1. The van der Waals surface area contributed by atoms with Gasteiger partial charge in [-0.3, -0.25) is 5.10 Å². The van der Waals surface area contributed by atoms with E-state index in [-0.39, 0.29) is 17.1 Å². The van der Waals surface area contributed by atoms with Crippen LogP contribution in [0.25, 0.3) is 11.3 Å². The van der Waals surface area contributed by atoms with E-state index in [0.29, 0.717) is 16.8 Å². The number of benzene rings is 1. The van der Waals surface area contributed by atoms with Crippen LogP contribution in [0.2, 0.25) is 0 Å². The molecular weight excluding hydrogens is 285 g/mol. The first-order chi connectivity index (χ1) is 10.6. The average Bonchev–Trinajstić information content (AvgIpc) is 2.92. The Labute approximate surface area is 124 Å². The number of hydrogen-bond acceptors (Lipinski definition) is 5. The number of nitrogens with zero attached hydrogens (tertiary/aromatic N) is 3. The molecular formula is C15H10FN5O. The zero-order valence-electron chi connectivity index (χ0n) is 11.2. The van der Waals surface area contributed by atoms with Crippen LogP contribution in [0, 0.1) is 17.8 Å². The van der Waals surface area contributed by atoms with Gasteiger partial charge >= 0.3 is 0 Å². The summed E-state index contributed by atoms with van der Waals surface area (Å²) in [5, 5.41) is 23.3. The molecule has 2 heterocycles. The number of aromatic amines is 1. The monoisotopic (exact) mass is 295 g/mol. The van der Waals surface area contributed by atoms with Crippen molar-refractivity contribution in [2.24, 2.45) is 0 Å². The van der Waals surface area contributed by atoms with Gasteiger partial charge in [0.05, 0.1) is 23.0 Å². The van der Waals surface area contributed by atoms with Crippen LogP contribution >= 0.6 is 0 Å². The summed E-state index contributed by atoms with van der Waals surface area (Å²) < 4.78 is 13.2. The first kappa shape index (κ1) is 13.6. The number of hydrogen-bond donors (Lipinski definition) is 3. The zero-order chi connectivity index (χ0) is 15.5. The van der Waals surface area contributed by atoms with Gasteiger partial charge in [-0.25, -0.2) is 0 Å². The van der Waals surface area contributed by atoms with Crippen LogP contribution in [-0.2, 0) is 0 Å². The highest BCUT2D eigenvalue weighted by atomic mass is 19.1. The van der Waals surface area contributed by atoms with E-state index in [1.807, 2.05) is 0 Å². The highest BCUT2D eigenvalue weighted by Gasteiger charge is 2.08. The summed E-state index contributed by atoms with van der Waals surface area (Å²) in [4.78, 5) is 0. The number of nitrogen functional groups attached to an aromatic ring is 1. The third-order valence-corrected chi connectivity index (χ3v) is 2.93. The number of phenols is 1. The Kier molecular flexibility index (Phi) is 3.42. The van der Waals surface area contributed by atoms with E-state index in [1.54, 1.807) is 30.3 Å². The Bertz CT molecular complexity index is 894. The van der Waals surface area contributed by atoms with Gasteiger partial charge in [0.1, 0.15) is 5.75 Å². The fourth-order valence-electron chi connectivity index (χ4n) is 1.82. The summed E-state index contributed by atoms with van der Waals surface area (Å²) in [6, 6.07) is 8.29. The van der Waals surface area contributed by atoms with Gasteiger partial charge in [-0.1, -0.05) is 24.0 Å². The fraction of sp³-hybridized carbons (Fsp3) is 0. The van der Waals surface area contributed by atoms with E-state index < -0.39 is 5.95 Å². The third kappa shape index (κ3) is 2.58. The second-order valence-corrected chi connectivity index (χ2v) is 4.39. The molecule has 0 radical (unpaired) electrons. The van der Waals surface area contributed by atoms with Crippen LogP contribution in [0.15, 0.2) is 36.5 Å². The molecule has 108 valence electrons. The van der Waals surface area contributed by atoms with Gasteiger partial charge in [0, 0.05) is 5.56 Å². The molecule has 0 saturated heterocycles. The van der Waals surface area contributed by atoms with E-state index in [2.05, 4.69) is 32.2 Å². The first-order valence-electron chi connectivity index (χ1n) is 6.27. The summed E-state index contributed by atoms with van der Waals surface area (Å²) in [5.74, 6) is 4.92. The van der Waals surface area contributed by atoms with Crippen molar-refractivity contribution in [2.45, 2.75) is 0 Å². The molecule has 7 heteroatoms. The van der Waals surface area contributed by atoms with Crippen LogP contribution in [0.4, 0.5) is 10.2 Å². The highest BCUT2D eigenvalue weighted by Crippen LogP contribution is 2.27. The van der Waals surface area contributed by atoms with Crippen molar-refractivity contribution in [1.82, 2.24) is 20.4 Å². The lowest BCUT2D eigenvalue weighted by Crippen LogP contribution is -1.99. The second-order valence-electron chi connectivity index (χ2n) is 4.39. The van der Waals surface area contributed by atoms with Crippen molar-refractivity contribution in [3.05, 3.63) is 53.6 Å². The molecule has 0 amide bonds. The molecule has 3 rings (SSSR count). The Morgan fingerprint density at radius 3 is 2.64 bits per heavy atom. The van der Waals surface area contributed by atoms with Crippen molar-refractivity contribution in [3.63, 3.8) is 0 Å². The molecule has 3 aromatic rings. The summed E-state index contributed by atoms with van der Waals surface area (Å²) in [5.41, 5.74) is 7.16. The summed E-state index contributed by atoms with van der Waals surface area (Å²) in [6.07, 6.45) is 1.27. The number of phenolic OH excluding ortho intramolecular Hbond substituents is 1. The average molecular weight is 295 g/mol. The molecule has 0 bridgehead atoms. The lowest BCUT2D eigenvalue weighted by Gasteiger charge is -2.04. The Morgan fingerprint density at radius 1 is 1.14 bits per heavy atom. The number of anilines is 1. The van der Waals surface area contributed by atoms with Gasteiger partial charge in [-0.05, 0) is 18.2 Å². The molecule has 6 nitrogen and oxygen atoms in total. The van der Waals surface area contributed by atoms with Crippen molar-refractivity contribution >= 4 is 5.82 Å². The smallest absolute Gasteiger partial charge is 0.224 e. The van der Waals surface area contributed by atoms with Crippen molar-refractivity contribution < 1.29 is 9.50 Å². The number of H-pyrrole nitrogens is 1. The van der Waals surface area contributed by atoms with Gasteiger partial charge < -0.3 is 10.8 Å². The van der Waals surface area contributed by atoms with Crippen molar-refractivity contribution in [1.29, 1.82) is 0 Å². The third-order valence-electron chi connectivity index (χ3n) is 2.93. The van der Waals surface area contributed by atoms with E-state index in [0.717, 1.165) is 0 Å². The number of nitrogens with two attached hydrogens (primary N) is 1. The van der Waals surface area contributed by atoms with Crippen LogP contribution < -0.4 is 5.73 Å². The van der Waals surface area contributed by atoms with Gasteiger partial charge in [-0.2, -0.15) is 9.49 Å². The van der Waals surface area contributed by atoms with Crippen molar-refractivity contribution in [2.75, 3.05) is 5.73 Å². The molecule has 1 aromatic carbocycles. The molecule has 4 N–H and O–H groups in total. The molecule has 0 spiro atoms. The predicted octanol–water partition coefficient (Wildman–Crippen LogP) is 1.69. The zero-order valence-corrected chi connectivity index (χ0v) is 11.2. The maximum Gasteiger partial charge on any atom is 0.224 e. The quantitative estimate of drug-likeness (QED) is 0.593. The predicted molar refractivity (Wildman–Crippen MR) is 78.1 cm³/mol. The maximum absolute atomic E-state index is 13.2. The second kappa shape index (κ2) is 5.54. The molecule has 0 unspecified atom stereocenters. The molecule has 0 atom stereocenters. The van der Waals surface area contributed by atoms with E-state index in [4.69, 9.17) is 5.73 Å². The number of halogens is 1. The maximum atomic E-state index is 13.2. The lowest BCUT2D eigenvalue weighted by molar-refractivity contribution is 0.477. The van der Waals surface area contributed by atoms with Gasteiger partial charge in [0.2, 0.25) is 5.95 Å². The van der Waals surface area contributed by atoms with Crippen LogP contribution in [0.5, 0.6) is 5.75 Å². The first-order valence-corrected chi connectivity index (χ1v) is 6.27. The molecule has 0 aliphatic heterocycles.